The number of rotatable bonds is 5. The Morgan fingerprint density at radius 2 is 2.37 bits per heavy atom. The number of hydrogen-bond donors (Lipinski definition) is 1. The maximum absolute atomic E-state index is 11.3. The lowest BCUT2D eigenvalue weighted by molar-refractivity contribution is -0.122. The van der Waals surface area contributed by atoms with Gasteiger partial charge >= 0.3 is 6.09 Å². The number of nitrogens with zero attached hydrogens (tertiary/aromatic N) is 2. The molecule has 2 unspecified atom stereocenters. The molecule has 0 spiro atoms. The summed E-state index contributed by atoms with van der Waals surface area (Å²) in [4.78, 5) is 26.4. The van der Waals surface area contributed by atoms with Crippen LogP contribution in [0.2, 0.25) is 0 Å². The SMILES string of the molecule is CC(C)C1(C)OC(COC(=O)NCN=C=O)CN1C. The molecule has 0 aromatic heterocycles. The van der Waals surface area contributed by atoms with Crippen LogP contribution in [0, 0.1) is 5.92 Å². The first-order chi connectivity index (χ1) is 8.90. The van der Waals surface area contributed by atoms with E-state index in [4.69, 9.17) is 9.47 Å². The minimum absolute atomic E-state index is 0.128. The van der Waals surface area contributed by atoms with E-state index in [1.165, 1.54) is 6.08 Å². The minimum Gasteiger partial charge on any atom is -0.447 e. The molecule has 0 radical (unpaired) electrons. The first kappa shape index (κ1) is 15.6. The van der Waals surface area contributed by atoms with E-state index in [1.807, 2.05) is 14.0 Å². The predicted molar refractivity (Wildman–Crippen MR) is 68.2 cm³/mol. The first-order valence-corrected chi connectivity index (χ1v) is 6.23. The normalized spacial score (nSPS) is 27.1. The summed E-state index contributed by atoms with van der Waals surface area (Å²) in [6, 6.07) is 0. The average Bonchev–Trinajstić information content (AvgIpc) is 2.64. The highest BCUT2D eigenvalue weighted by atomic mass is 16.6. The molecule has 1 heterocycles. The molecule has 0 saturated carbocycles. The van der Waals surface area contributed by atoms with Crippen molar-refractivity contribution in [2.24, 2.45) is 10.9 Å². The van der Waals surface area contributed by atoms with Crippen LogP contribution in [-0.2, 0) is 14.3 Å². The van der Waals surface area contributed by atoms with Crippen LogP contribution in [-0.4, -0.2) is 55.8 Å². The summed E-state index contributed by atoms with van der Waals surface area (Å²) in [5, 5.41) is 2.30. The van der Waals surface area contributed by atoms with Crippen molar-refractivity contribution in [2.75, 3.05) is 26.9 Å². The molecule has 0 bridgehead atoms. The zero-order valence-corrected chi connectivity index (χ0v) is 11.8. The van der Waals surface area contributed by atoms with E-state index in [1.54, 1.807) is 0 Å². The van der Waals surface area contributed by atoms with Crippen LogP contribution in [0.15, 0.2) is 4.99 Å². The number of nitrogens with one attached hydrogen (secondary N) is 1. The van der Waals surface area contributed by atoms with Gasteiger partial charge < -0.3 is 14.8 Å². The number of alkyl carbamates (subject to hydrolysis) is 1. The van der Waals surface area contributed by atoms with Gasteiger partial charge in [-0.3, -0.25) is 4.90 Å². The van der Waals surface area contributed by atoms with Crippen LogP contribution < -0.4 is 5.32 Å². The van der Waals surface area contributed by atoms with Crippen molar-refractivity contribution >= 4 is 12.2 Å². The van der Waals surface area contributed by atoms with Crippen molar-refractivity contribution in [2.45, 2.75) is 32.6 Å². The summed E-state index contributed by atoms with van der Waals surface area (Å²) in [5.74, 6) is 0.332. The van der Waals surface area contributed by atoms with Crippen LogP contribution in [0.4, 0.5) is 4.79 Å². The van der Waals surface area contributed by atoms with Crippen LogP contribution in [0.5, 0.6) is 0 Å². The Morgan fingerprint density at radius 1 is 1.68 bits per heavy atom. The minimum atomic E-state index is -0.622. The van der Waals surface area contributed by atoms with Crippen molar-refractivity contribution in [3.63, 3.8) is 0 Å². The summed E-state index contributed by atoms with van der Waals surface area (Å²) in [6.07, 6.45) is 0.546. The van der Waals surface area contributed by atoms with Crippen LogP contribution in [0.3, 0.4) is 0 Å². The lowest BCUT2D eigenvalue weighted by atomic mass is 10.0. The molecule has 2 atom stereocenters. The monoisotopic (exact) mass is 271 g/mol. The lowest BCUT2D eigenvalue weighted by Crippen LogP contribution is -2.44. The molecular formula is C12H21N3O4. The summed E-state index contributed by atoms with van der Waals surface area (Å²) in [7, 11) is 1.98. The van der Waals surface area contributed by atoms with Gasteiger partial charge in [0.15, 0.2) is 0 Å². The van der Waals surface area contributed by atoms with E-state index in [2.05, 4.69) is 29.1 Å². The molecule has 108 valence electrons. The van der Waals surface area contributed by atoms with Gasteiger partial charge in [-0.15, -0.1) is 0 Å². The number of carbonyl (C=O) groups excluding carboxylic acids is 2. The number of hydrogen-bond acceptors (Lipinski definition) is 6. The molecule has 0 aromatic rings. The number of aliphatic imine (C=N–C) groups is 1. The van der Waals surface area contributed by atoms with Gasteiger partial charge in [0.2, 0.25) is 6.08 Å². The molecule has 0 aliphatic carbocycles. The third-order valence-corrected chi connectivity index (χ3v) is 3.48. The molecule has 1 fully saturated rings. The second kappa shape index (κ2) is 6.65. The summed E-state index contributed by atoms with van der Waals surface area (Å²) in [6.45, 7) is 6.94. The second-order valence-corrected chi connectivity index (χ2v) is 5.01. The van der Waals surface area contributed by atoms with E-state index in [-0.39, 0.29) is 25.1 Å². The van der Waals surface area contributed by atoms with E-state index >= 15 is 0 Å². The Bertz CT molecular complexity index is 368. The maximum atomic E-state index is 11.3. The predicted octanol–water partition coefficient (Wildman–Crippen LogP) is 0.709. The fourth-order valence-electron chi connectivity index (χ4n) is 1.97. The zero-order valence-electron chi connectivity index (χ0n) is 11.8. The molecule has 1 rings (SSSR count). The molecule has 7 heteroatoms. The van der Waals surface area contributed by atoms with Gasteiger partial charge in [-0.1, -0.05) is 13.8 Å². The molecule has 1 N–H and O–H groups in total. The molecule has 7 nitrogen and oxygen atoms in total. The fourth-order valence-corrected chi connectivity index (χ4v) is 1.97. The van der Waals surface area contributed by atoms with Crippen molar-refractivity contribution in [3.8, 4) is 0 Å². The Labute approximate surface area is 113 Å². The zero-order chi connectivity index (χ0) is 14.5. The topological polar surface area (TPSA) is 80.2 Å². The van der Waals surface area contributed by atoms with Gasteiger partial charge in [0, 0.05) is 6.54 Å². The number of carbonyl (C=O) groups is 1. The Balaban J connectivity index is 2.36. The Hall–Kier alpha value is -1.43. The molecule has 1 aliphatic heterocycles. The third kappa shape index (κ3) is 4.02. The van der Waals surface area contributed by atoms with Crippen molar-refractivity contribution < 1.29 is 19.1 Å². The van der Waals surface area contributed by atoms with Gasteiger partial charge in [-0.2, -0.15) is 4.99 Å². The molecule has 1 amide bonds. The number of likely N-dealkylation sites (N-methyl/N-ethyl adjacent to an activating group) is 1. The highest BCUT2D eigenvalue weighted by Gasteiger charge is 2.43. The molecule has 1 aliphatic rings. The second-order valence-electron chi connectivity index (χ2n) is 5.01. The first-order valence-electron chi connectivity index (χ1n) is 6.23. The third-order valence-electron chi connectivity index (χ3n) is 3.48. The Morgan fingerprint density at radius 3 is 2.89 bits per heavy atom. The maximum Gasteiger partial charge on any atom is 0.408 e. The number of ether oxygens (including phenoxy) is 2. The molecule has 0 aromatic carbocycles. The van der Waals surface area contributed by atoms with Crippen molar-refractivity contribution in [1.82, 2.24) is 10.2 Å². The highest BCUT2D eigenvalue weighted by molar-refractivity contribution is 5.67. The van der Waals surface area contributed by atoms with Gasteiger partial charge in [-0.05, 0) is 19.9 Å². The number of isocyanates is 1. The van der Waals surface area contributed by atoms with Gasteiger partial charge in [0.25, 0.3) is 0 Å². The summed E-state index contributed by atoms with van der Waals surface area (Å²) < 4.78 is 10.9. The van der Waals surface area contributed by atoms with Gasteiger partial charge in [0.1, 0.15) is 25.1 Å². The van der Waals surface area contributed by atoms with Crippen LogP contribution in [0.25, 0.3) is 0 Å². The quantitative estimate of drug-likeness (QED) is 0.588. The summed E-state index contributed by atoms with van der Waals surface area (Å²) in [5.41, 5.74) is -0.341. The fraction of sp³-hybridized carbons (Fsp3) is 0.833. The lowest BCUT2D eigenvalue weighted by Gasteiger charge is -2.34. The smallest absolute Gasteiger partial charge is 0.408 e. The van der Waals surface area contributed by atoms with E-state index in [0.717, 1.165) is 0 Å². The average molecular weight is 271 g/mol. The summed E-state index contributed by atoms with van der Waals surface area (Å²) >= 11 is 0. The van der Waals surface area contributed by atoms with Gasteiger partial charge in [-0.25, -0.2) is 9.59 Å². The van der Waals surface area contributed by atoms with Crippen molar-refractivity contribution in [3.05, 3.63) is 0 Å². The van der Waals surface area contributed by atoms with E-state index in [0.29, 0.717) is 12.5 Å². The van der Waals surface area contributed by atoms with Crippen LogP contribution in [0.1, 0.15) is 20.8 Å². The Kier molecular flexibility index (Phi) is 5.47. The van der Waals surface area contributed by atoms with Gasteiger partial charge in [0.05, 0.1) is 0 Å². The van der Waals surface area contributed by atoms with E-state index < -0.39 is 6.09 Å². The molecule has 19 heavy (non-hydrogen) atoms. The molecule has 1 saturated heterocycles. The molecular weight excluding hydrogens is 250 g/mol. The van der Waals surface area contributed by atoms with Crippen molar-refractivity contribution in [1.29, 1.82) is 0 Å². The standard InChI is InChI=1S/C12H21N3O4/c1-9(2)12(3)15(4)5-10(19-12)6-18-11(17)14-7-13-8-16/h9-10H,5-7H2,1-4H3,(H,14,17). The largest absolute Gasteiger partial charge is 0.447 e. The highest BCUT2D eigenvalue weighted by Crippen LogP contribution is 2.32. The van der Waals surface area contributed by atoms with E-state index in [9.17, 15) is 9.59 Å². The number of amides is 1. The van der Waals surface area contributed by atoms with Crippen LogP contribution >= 0.6 is 0 Å².